The summed E-state index contributed by atoms with van der Waals surface area (Å²) >= 11 is 0. The predicted molar refractivity (Wildman–Crippen MR) is 71.9 cm³/mol. The Kier molecular flexibility index (Phi) is 4.90. The molecule has 5 nitrogen and oxygen atoms in total. The molecule has 0 aliphatic carbocycles. The number of nitrogens with one attached hydrogen (secondary N) is 1. The van der Waals surface area contributed by atoms with Gasteiger partial charge in [0, 0.05) is 25.3 Å². The number of nitrogens with zero attached hydrogens (tertiary/aromatic N) is 2. The molecule has 0 spiro atoms. The summed E-state index contributed by atoms with van der Waals surface area (Å²) in [5.41, 5.74) is 5.77. The number of nitrogens with two attached hydrogens (primary N) is 1. The van der Waals surface area contributed by atoms with Crippen LogP contribution in [-0.4, -0.2) is 22.2 Å². The number of primary amides is 1. The fourth-order valence-electron chi connectivity index (χ4n) is 1.49. The maximum absolute atomic E-state index is 11.2. The zero-order chi connectivity index (χ0) is 13.8. The van der Waals surface area contributed by atoms with Gasteiger partial charge in [0.2, 0.25) is 5.91 Å². The van der Waals surface area contributed by atoms with Crippen molar-refractivity contribution < 1.29 is 4.79 Å². The van der Waals surface area contributed by atoms with E-state index in [1.807, 2.05) is 30.8 Å². The Balaban J connectivity index is 2.45. The first kappa shape index (κ1) is 14.7. The average Bonchev–Trinajstić information content (AvgIpc) is 2.76. The van der Waals surface area contributed by atoms with Gasteiger partial charge in [-0.2, -0.15) is 5.10 Å². The van der Waals surface area contributed by atoms with E-state index in [0.717, 1.165) is 12.1 Å². The smallest absolute Gasteiger partial charge is 0.224 e. The van der Waals surface area contributed by atoms with Crippen molar-refractivity contribution in [3.8, 4) is 0 Å². The molecule has 0 radical (unpaired) electrons. The van der Waals surface area contributed by atoms with Gasteiger partial charge in [0.1, 0.15) is 0 Å². The van der Waals surface area contributed by atoms with Crippen LogP contribution in [0, 0.1) is 5.41 Å². The molecular formula is C13H24N4O. The van der Waals surface area contributed by atoms with Gasteiger partial charge in [-0.3, -0.25) is 9.48 Å². The van der Waals surface area contributed by atoms with Crippen molar-refractivity contribution in [1.82, 2.24) is 15.1 Å². The monoisotopic (exact) mass is 252 g/mol. The number of rotatable bonds is 7. The maximum Gasteiger partial charge on any atom is 0.224 e. The quantitative estimate of drug-likeness (QED) is 0.771. The highest BCUT2D eigenvalue weighted by atomic mass is 16.1. The normalized spacial score (nSPS) is 13.6. The van der Waals surface area contributed by atoms with Crippen LogP contribution in [0.4, 0.5) is 0 Å². The summed E-state index contributed by atoms with van der Waals surface area (Å²) < 4.78 is 1.97. The molecule has 1 aromatic rings. The summed E-state index contributed by atoms with van der Waals surface area (Å²) in [6.07, 6.45) is 3.05. The van der Waals surface area contributed by atoms with E-state index in [0.29, 0.717) is 19.1 Å². The summed E-state index contributed by atoms with van der Waals surface area (Å²) in [5, 5.41) is 7.70. The highest BCUT2D eigenvalue weighted by Crippen LogP contribution is 2.12. The van der Waals surface area contributed by atoms with Crippen LogP contribution in [0.5, 0.6) is 0 Å². The second-order valence-corrected chi connectivity index (χ2v) is 5.40. The zero-order valence-corrected chi connectivity index (χ0v) is 11.7. The van der Waals surface area contributed by atoms with Gasteiger partial charge in [0.15, 0.2) is 0 Å². The molecule has 1 aromatic heterocycles. The molecule has 0 aliphatic rings. The molecule has 1 rings (SSSR count). The number of carbonyl (C=O) groups is 1. The summed E-state index contributed by atoms with van der Waals surface area (Å²) in [7, 11) is 0. The van der Waals surface area contributed by atoms with Crippen molar-refractivity contribution in [2.24, 2.45) is 11.1 Å². The predicted octanol–water partition coefficient (Wildman–Crippen LogP) is 1.46. The van der Waals surface area contributed by atoms with Gasteiger partial charge in [0.25, 0.3) is 0 Å². The number of hydrogen-bond donors (Lipinski definition) is 2. The molecule has 1 atom stereocenters. The van der Waals surface area contributed by atoms with Crippen molar-refractivity contribution in [2.45, 2.75) is 46.7 Å². The fraction of sp³-hybridized carbons (Fsp3) is 0.692. The van der Waals surface area contributed by atoms with E-state index < -0.39 is 5.41 Å². The summed E-state index contributed by atoms with van der Waals surface area (Å²) in [6, 6.07) is 2.41. The van der Waals surface area contributed by atoms with Gasteiger partial charge < -0.3 is 11.1 Å². The van der Waals surface area contributed by atoms with Gasteiger partial charge in [-0.25, -0.2) is 0 Å². The third kappa shape index (κ3) is 3.84. The molecule has 0 aromatic carbocycles. The maximum atomic E-state index is 11.2. The second kappa shape index (κ2) is 6.00. The molecule has 0 fully saturated rings. The van der Waals surface area contributed by atoms with Crippen LogP contribution >= 0.6 is 0 Å². The van der Waals surface area contributed by atoms with Crippen molar-refractivity contribution in [3.05, 3.63) is 18.0 Å². The average molecular weight is 252 g/mol. The Labute approximate surface area is 109 Å². The van der Waals surface area contributed by atoms with Gasteiger partial charge in [-0.1, -0.05) is 6.92 Å². The van der Waals surface area contributed by atoms with E-state index in [9.17, 15) is 4.79 Å². The first-order chi connectivity index (χ1) is 8.36. The molecule has 0 bridgehead atoms. The molecule has 1 unspecified atom stereocenters. The van der Waals surface area contributed by atoms with E-state index >= 15 is 0 Å². The number of carbonyl (C=O) groups excluding carboxylic acids is 1. The minimum Gasteiger partial charge on any atom is -0.369 e. The van der Waals surface area contributed by atoms with Crippen molar-refractivity contribution >= 4 is 5.91 Å². The Hall–Kier alpha value is -1.36. The number of aromatic nitrogens is 2. The lowest BCUT2D eigenvalue weighted by atomic mass is 9.93. The van der Waals surface area contributed by atoms with E-state index in [1.165, 1.54) is 0 Å². The molecule has 0 saturated heterocycles. The fourth-order valence-corrected chi connectivity index (χ4v) is 1.49. The van der Waals surface area contributed by atoms with Crippen molar-refractivity contribution in [3.63, 3.8) is 0 Å². The lowest BCUT2D eigenvalue weighted by Crippen LogP contribution is -2.40. The van der Waals surface area contributed by atoms with Gasteiger partial charge in [-0.15, -0.1) is 0 Å². The Morgan fingerprint density at radius 3 is 2.83 bits per heavy atom. The second-order valence-electron chi connectivity index (χ2n) is 5.40. The topological polar surface area (TPSA) is 72.9 Å². The van der Waals surface area contributed by atoms with E-state index in [2.05, 4.69) is 24.3 Å². The standard InChI is InChI=1S/C13H24N4O/c1-5-10(2)17-7-6-11(16-17)8-15-9-13(3,4)12(14)18/h6-7,10,15H,5,8-9H2,1-4H3,(H2,14,18). The lowest BCUT2D eigenvalue weighted by Gasteiger charge is -2.20. The van der Waals surface area contributed by atoms with Crippen LogP contribution in [-0.2, 0) is 11.3 Å². The van der Waals surface area contributed by atoms with Crippen LogP contribution in [0.2, 0.25) is 0 Å². The van der Waals surface area contributed by atoms with Crippen LogP contribution in [0.1, 0.15) is 45.9 Å². The first-order valence-electron chi connectivity index (χ1n) is 6.41. The third-order valence-electron chi connectivity index (χ3n) is 3.25. The molecular weight excluding hydrogens is 228 g/mol. The van der Waals surface area contributed by atoms with Crippen molar-refractivity contribution in [1.29, 1.82) is 0 Å². The Bertz CT molecular complexity index is 397. The highest BCUT2D eigenvalue weighted by molar-refractivity contribution is 5.80. The minimum absolute atomic E-state index is 0.292. The van der Waals surface area contributed by atoms with Gasteiger partial charge in [0.05, 0.1) is 11.1 Å². The summed E-state index contributed by atoms with van der Waals surface area (Å²) in [5.74, 6) is -0.292. The third-order valence-corrected chi connectivity index (χ3v) is 3.25. The lowest BCUT2D eigenvalue weighted by molar-refractivity contribution is -0.125. The summed E-state index contributed by atoms with van der Waals surface area (Å²) in [6.45, 7) is 9.15. The van der Waals surface area contributed by atoms with Crippen LogP contribution in [0.25, 0.3) is 0 Å². The Morgan fingerprint density at radius 2 is 2.28 bits per heavy atom. The molecule has 0 saturated carbocycles. The molecule has 5 heteroatoms. The number of amides is 1. The first-order valence-corrected chi connectivity index (χ1v) is 6.41. The van der Waals surface area contributed by atoms with E-state index in [-0.39, 0.29) is 5.91 Å². The molecule has 1 heterocycles. The largest absolute Gasteiger partial charge is 0.369 e. The Morgan fingerprint density at radius 1 is 1.61 bits per heavy atom. The SMILES string of the molecule is CCC(C)n1ccc(CNCC(C)(C)C(N)=O)n1. The molecule has 18 heavy (non-hydrogen) atoms. The van der Waals surface area contributed by atoms with Crippen LogP contribution in [0.3, 0.4) is 0 Å². The molecule has 102 valence electrons. The highest BCUT2D eigenvalue weighted by Gasteiger charge is 2.24. The van der Waals surface area contributed by atoms with Gasteiger partial charge >= 0.3 is 0 Å². The van der Waals surface area contributed by atoms with Crippen molar-refractivity contribution in [2.75, 3.05) is 6.54 Å². The van der Waals surface area contributed by atoms with Crippen LogP contribution in [0.15, 0.2) is 12.3 Å². The zero-order valence-electron chi connectivity index (χ0n) is 11.7. The molecule has 1 amide bonds. The van der Waals surface area contributed by atoms with E-state index in [1.54, 1.807) is 0 Å². The molecule has 3 N–H and O–H groups in total. The molecule has 0 aliphatic heterocycles. The van der Waals surface area contributed by atoms with Gasteiger partial charge in [-0.05, 0) is 33.3 Å². The van der Waals surface area contributed by atoms with E-state index in [4.69, 9.17) is 5.73 Å². The van der Waals surface area contributed by atoms with Crippen LogP contribution < -0.4 is 11.1 Å². The minimum atomic E-state index is -0.528. The summed E-state index contributed by atoms with van der Waals surface area (Å²) in [4.78, 5) is 11.2. The number of hydrogen-bond acceptors (Lipinski definition) is 3.